The fourth-order valence-corrected chi connectivity index (χ4v) is 8.61. The molecular weight excluding hydrogens is 558 g/mol. The number of hydrogen-bond acceptors (Lipinski definition) is 5. The number of piperidine rings is 1. The van der Waals surface area contributed by atoms with E-state index in [0.717, 1.165) is 11.1 Å². The van der Waals surface area contributed by atoms with Crippen LogP contribution in [0.1, 0.15) is 29.5 Å². The molecule has 1 atom stereocenters. The molecule has 11 heteroatoms. The van der Waals surface area contributed by atoms with Gasteiger partial charge in [0.05, 0.1) is 21.4 Å². The molecule has 206 valence electrons. The number of amides is 1. The van der Waals surface area contributed by atoms with Crippen molar-refractivity contribution < 1.29 is 21.6 Å². The molecule has 2 aliphatic heterocycles. The number of halogens is 1. The molecule has 0 spiro atoms. The first-order chi connectivity index (χ1) is 18.5. The molecule has 3 aromatic rings. The van der Waals surface area contributed by atoms with E-state index in [1.54, 1.807) is 31.2 Å². The monoisotopic (exact) mass is 587 g/mol. The average molecular weight is 588 g/mol. The highest BCUT2D eigenvalue weighted by Gasteiger charge is 2.35. The summed E-state index contributed by atoms with van der Waals surface area (Å²) < 4.78 is 56.2. The topological polar surface area (TPSA) is 104 Å². The van der Waals surface area contributed by atoms with E-state index in [4.69, 9.17) is 11.6 Å². The largest absolute Gasteiger partial charge is 0.326 e. The predicted octanol–water partition coefficient (Wildman–Crippen LogP) is 4.75. The lowest BCUT2D eigenvalue weighted by molar-refractivity contribution is -0.120. The Morgan fingerprint density at radius 3 is 2.41 bits per heavy atom. The van der Waals surface area contributed by atoms with Gasteiger partial charge in [-0.15, -0.1) is 0 Å². The second kappa shape index (κ2) is 10.6. The second-order valence-corrected chi connectivity index (χ2v) is 14.3. The predicted molar refractivity (Wildman–Crippen MR) is 152 cm³/mol. The van der Waals surface area contributed by atoms with Crippen LogP contribution in [-0.2, 0) is 31.3 Å². The minimum atomic E-state index is -3.80. The Morgan fingerprint density at radius 1 is 0.923 bits per heavy atom. The number of fused-ring (bicyclic) bond motifs is 1. The van der Waals surface area contributed by atoms with Gasteiger partial charge in [-0.3, -0.25) is 9.10 Å². The van der Waals surface area contributed by atoms with Crippen molar-refractivity contribution in [1.29, 1.82) is 0 Å². The van der Waals surface area contributed by atoms with Gasteiger partial charge in [-0.05, 0) is 92.3 Å². The Balaban J connectivity index is 1.33. The summed E-state index contributed by atoms with van der Waals surface area (Å²) in [5.41, 5.74) is 3.38. The highest BCUT2D eigenvalue weighted by Crippen LogP contribution is 2.36. The van der Waals surface area contributed by atoms with Gasteiger partial charge >= 0.3 is 0 Å². The molecule has 39 heavy (non-hydrogen) atoms. The third kappa shape index (κ3) is 5.43. The summed E-state index contributed by atoms with van der Waals surface area (Å²) >= 11 is 5.93. The molecule has 3 aromatic carbocycles. The number of hydrogen-bond donors (Lipinski definition) is 1. The van der Waals surface area contributed by atoms with Crippen molar-refractivity contribution in [2.45, 2.75) is 42.9 Å². The molecule has 1 saturated heterocycles. The molecule has 5 rings (SSSR count). The van der Waals surface area contributed by atoms with Gasteiger partial charge in [0.2, 0.25) is 15.9 Å². The number of sulfonamides is 2. The van der Waals surface area contributed by atoms with E-state index in [0.29, 0.717) is 54.3 Å². The van der Waals surface area contributed by atoms with Crippen LogP contribution in [0.25, 0.3) is 0 Å². The molecule has 0 bridgehead atoms. The molecule has 1 amide bonds. The van der Waals surface area contributed by atoms with E-state index < -0.39 is 26.0 Å². The Bertz CT molecular complexity index is 1640. The SMILES string of the molecule is Cc1ccc(C)c(S(=O)(=O)N2CCC[C@@H](C(=O)Nc3ccc4c(c3)N(S(=O)(=O)c3ccc(Cl)cc3)CC4)C2)c1. The summed E-state index contributed by atoms with van der Waals surface area (Å²) in [6.45, 7) is 4.36. The minimum Gasteiger partial charge on any atom is -0.326 e. The molecule has 0 unspecified atom stereocenters. The summed E-state index contributed by atoms with van der Waals surface area (Å²) in [6.07, 6.45) is 1.69. The van der Waals surface area contributed by atoms with Crippen LogP contribution in [0.4, 0.5) is 11.4 Å². The van der Waals surface area contributed by atoms with Crippen molar-refractivity contribution in [2.75, 3.05) is 29.3 Å². The molecular formula is C28H30ClN3O5S2. The normalized spacial score (nSPS) is 18.1. The van der Waals surface area contributed by atoms with Gasteiger partial charge in [0.1, 0.15) is 0 Å². The van der Waals surface area contributed by atoms with Gasteiger partial charge in [0.25, 0.3) is 10.0 Å². The Morgan fingerprint density at radius 2 is 1.67 bits per heavy atom. The molecule has 0 aliphatic carbocycles. The number of nitrogens with zero attached hydrogens (tertiary/aromatic N) is 2. The molecule has 0 aromatic heterocycles. The van der Waals surface area contributed by atoms with Crippen LogP contribution >= 0.6 is 11.6 Å². The molecule has 2 heterocycles. The minimum absolute atomic E-state index is 0.0869. The first kappa shape index (κ1) is 27.6. The van der Waals surface area contributed by atoms with Gasteiger partial charge in [-0.1, -0.05) is 29.8 Å². The zero-order valence-electron chi connectivity index (χ0n) is 21.7. The van der Waals surface area contributed by atoms with Crippen molar-refractivity contribution >= 4 is 48.9 Å². The van der Waals surface area contributed by atoms with Gasteiger partial charge in [-0.25, -0.2) is 16.8 Å². The van der Waals surface area contributed by atoms with E-state index in [9.17, 15) is 21.6 Å². The first-order valence-electron chi connectivity index (χ1n) is 12.8. The lowest BCUT2D eigenvalue weighted by Gasteiger charge is -2.31. The van der Waals surface area contributed by atoms with Crippen LogP contribution in [-0.4, -0.2) is 46.7 Å². The van der Waals surface area contributed by atoms with Gasteiger partial charge < -0.3 is 5.32 Å². The fourth-order valence-electron chi connectivity index (χ4n) is 5.15. The Hall–Kier alpha value is -2.92. The zero-order chi connectivity index (χ0) is 27.9. The summed E-state index contributed by atoms with van der Waals surface area (Å²) in [5, 5.41) is 3.34. The van der Waals surface area contributed by atoms with E-state index in [2.05, 4.69) is 5.32 Å². The summed E-state index contributed by atoms with van der Waals surface area (Å²) in [4.78, 5) is 13.7. The number of aryl methyl sites for hydroxylation is 2. The summed E-state index contributed by atoms with van der Waals surface area (Å²) in [6, 6.07) is 16.6. The number of benzene rings is 3. The van der Waals surface area contributed by atoms with Crippen molar-refractivity contribution in [3.05, 3.63) is 82.4 Å². The van der Waals surface area contributed by atoms with Crippen LogP contribution < -0.4 is 9.62 Å². The zero-order valence-corrected chi connectivity index (χ0v) is 24.1. The summed E-state index contributed by atoms with van der Waals surface area (Å²) in [7, 11) is -7.55. The van der Waals surface area contributed by atoms with Crippen molar-refractivity contribution in [3.8, 4) is 0 Å². The molecule has 0 radical (unpaired) electrons. The van der Waals surface area contributed by atoms with Crippen molar-refractivity contribution in [1.82, 2.24) is 4.31 Å². The van der Waals surface area contributed by atoms with E-state index in [1.165, 1.54) is 32.9 Å². The third-order valence-electron chi connectivity index (χ3n) is 7.32. The lowest BCUT2D eigenvalue weighted by atomic mass is 9.98. The lowest BCUT2D eigenvalue weighted by Crippen LogP contribution is -2.43. The van der Waals surface area contributed by atoms with Crippen LogP contribution in [0.5, 0.6) is 0 Å². The van der Waals surface area contributed by atoms with Gasteiger partial charge in [0.15, 0.2) is 0 Å². The molecule has 2 aliphatic rings. The molecule has 1 fully saturated rings. The Labute approximate surface area is 234 Å². The van der Waals surface area contributed by atoms with E-state index >= 15 is 0 Å². The third-order valence-corrected chi connectivity index (χ3v) is 11.4. The van der Waals surface area contributed by atoms with Crippen LogP contribution in [0, 0.1) is 19.8 Å². The summed E-state index contributed by atoms with van der Waals surface area (Å²) in [5.74, 6) is -0.818. The van der Waals surface area contributed by atoms with Crippen molar-refractivity contribution in [3.63, 3.8) is 0 Å². The number of carbonyl (C=O) groups excluding carboxylic acids is 1. The first-order valence-corrected chi connectivity index (χ1v) is 16.0. The smallest absolute Gasteiger partial charge is 0.264 e. The van der Waals surface area contributed by atoms with Crippen molar-refractivity contribution in [2.24, 2.45) is 5.92 Å². The van der Waals surface area contributed by atoms with Gasteiger partial charge in [-0.2, -0.15) is 4.31 Å². The maximum Gasteiger partial charge on any atom is 0.264 e. The standard InChI is InChI=1S/C28H30ClN3O5S2/c1-19-5-6-20(2)27(16-19)39(36,37)31-14-3-4-22(18-31)28(33)30-24-10-7-21-13-15-32(26(21)17-24)38(34,35)25-11-8-23(29)9-12-25/h5-12,16-17,22H,3-4,13-15,18H2,1-2H3,(H,30,33)/t22-/m1/s1. The van der Waals surface area contributed by atoms with Gasteiger partial charge in [0, 0.05) is 30.3 Å². The number of rotatable bonds is 6. The molecule has 8 nitrogen and oxygen atoms in total. The van der Waals surface area contributed by atoms with Crippen LogP contribution in [0.15, 0.2) is 70.5 Å². The number of nitrogens with one attached hydrogen (secondary N) is 1. The van der Waals surface area contributed by atoms with Crippen LogP contribution in [0.3, 0.4) is 0 Å². The highest BCUT2D eigenvalue weighted by molar-refractivity contribution is 7.92. The number of anilines is 2. The van der Waals surface area contributed by atoms with Crippen LogP contribution in [0.2, 0.25) is 5.02 Å². The van der Waals surface area contributed by atoms with E-state index in [1.807, 2.05) is 19.1 Å². The quantitative estimate of drug-likeness (QED) is 0.448. The average Bonchev–Trinajstić information content (AvgIpc) is 3.34. The maximum atomic E-state index is 13.4. The molecule has 1 N–H and O–H groups in total. The number of carbonyl (C=O) groups is 1. The molecule has 0 saturated carbocycles. The Kier molecular flexibility index (Phi) is 7.49. The van der Waals surface area contributed by atoms with E-state index in [-0.39, 0.29) is 22.2 Å². The highest BCUT2D eigenvalue weighted by atomic mass is 35.5. The fraction of sp³-hybridized carbons (Fsp3) is 0.321. The second-order valence-electron chi connectivity index (χ2n) is 10.1. The maximum absolute atomic E-state index is 13.4.